The average molecular weight is 277 g/mol. The molecule has 1 aromatic rings. The van der Waals surface area contributed by atoms with Gasteiger partial charge >= 0.3 is 0 Å². The number of ether oxygens (including phenoxy) is 2. The van der Waals surface area contributed by atoms with E-state index in [4.69, 9.17) is 9.47 Å². The van der Waals surface area contributed by atoms with E-state index in [1.165, 1.54) is 16.7 Å². The van der Waals surface area contributed by atoms with Gasteiger partial charge in [0, 0.05) is 24.2 Å². The lowest BCUT2D eigenvalue weighted by atomic mass is 9.83. The van der Waals surface area contributed by atoms with E-state index in [9.17, 15) is 0 Å². The Morgan fingerprint density at radius 1 is 1.35 bits per heavy atom. The van der Waals surface area contributed by atoms with Crippen LogP contribution in [0.4, 0.5) is 0 Å². The smallest absolute Gasteiger partial charge is 0.128 e. The maximum absolute atomic E-state index is 5.93. The predicted octanol–water partition coefficient (Wildman–Crippen LogP) is 3.22. The van der Waals surface area contributed by atoms with Crippen molar-refractivity contribution in [1.29, 1.82) is 0 Å². The molecule has 1 atom stereocenters. The molecule has 0 spiro atoms. The summed E-state index contributed by atoms with van der Waals surface area (Å²) in [4.78, 5) is 0. The lowest BCUT2D eigenvalue weighted by molar-refractivity contribution is 0.0261. The summed E-state index contributed by atoms with van der Waals surface area (Å²) in [6.45, 7) is 11.4. The van der Waals surface area contributed by atoms with E-state index in [0.29, 0.717) is 0 Å². The number of hydrogen-bond acceptors (Lipinski definition) is 3. The zero-order valence-corrected chi connectivity index (χ0v) is 13.4. The standard InChI is InChI=1S/C17H27NO2/c1-6-12-9-13(15-11-18-7-8-20-15)16(19-5)14(10-12)17(2,3)4/h9-10,15,18H,6-8,11H2,1-5H3. The van der Waals surface area contributed by atoms with Gasteiger partial charge in [-0.25, -0.2) is 0 Å². The van der Waals surface area contributed by atoms with Gasteiger partial charge in [0.15, 0.2) is 0 Å². The largest absolute Gasteiger partial charge is 0.496 e. The van der Waals surface area contributed by atoms with E-state index < -0.39 is 0 Å². The fraction of sp³-hybridized carbons (Fsp3) is 0.647. The average Bonchev–Trinajstić information content (AvgIpc) is 2.45. The minimum Gasteiger partial charge on any atom is -0.496 e. The van der Waals surface area contributed by atoms with Crippen molar-refractivity contribution in [3.05, 3.63) is 28.8 Å². The van der Waals surface area contributed by atoms with Crippen LogP contribution in [-0.4, -0.2) is 26.8 Å². The molecule has 0 aromatic heterocycles. The summed E-state index contributed by atoms with van der Waals surface area (Å²) in [5.41, 5.74) is 3.86. The molecule has 0 amide bonds. The Bertz CT molecular complexity index is 457. The van der Waals surface area contributed by atoms with Crippen LogP contribution in [0.5, 0.6) is 5.75 Å². The topological polar surface area (TPSA) is 30.5 Å². The highest BCUT2D eigenvalue weighted by Crippen LogP contribution is 2.39. The van der Waals surface area contributed by atoms with E-state index in [2.05, 4.69) is 45.1 Å². The van der Waals surface area contributed by atoms with Crippen LogP contribution in [0.25, 0.3) is 0 Å². The van der Waals surface area contributed by atoms with Crippen molar-refractivity contribution in [2.24, 2.45) is 0 Å². The monoisotopic (exact) mass is 277 g/mol. The van der Waals surface area contributed by atoms with E-state index in [1.807, 2.05) is 0 Å². The van der Waals surface area contributed by atoms with Crippen LogP contribution in [0, 0.1) is 0 Å². The third-order valence-electron chi connectivity index (χ3n) is 3.87. The summed E-state index contributed by atoms with van der Waals surface area (Å²) in [6, 6.07) is 4.52. The highest BCUT2D eigenvalue weighted by atomic mass is 16.5. The molecular weight excluding hydrogens is 250 g/mol. The first kappa shape index (κ1) is 15.3. The summed E-state index contributed by atoms with van der Waals surface area (Å²) in [7, 11) is 1.76. The second kappa shape index (κ2) is 6.15. The van der Waals surface area contributed by atoms with Gasteiger partial charge in [0.2, 0.25) is 0 Å². The molecule has 1 unspecified atom stereocenters. The molecule has 1 heterocycles. The van der Waals surface area contributed by atoms with E-state index in [0.717, 1.165) is 31.9 Å². The van der Waals surface area contributed by atoms with Gasteiger partial charge in [-0.05, 0) is 23.5 Å². The van der Waals surface area contributed by atoms with Gasteiger partial charge in [-0.15, -0.1) is 0 Å². The molecule has 0 radical (unpaired) electrons. The molecule has 3 heteroatoms. The van der Waals surface area contributed by atoms with E-state index in [1.54, 1.807) is 7.11 Å². The maximum atomic E-state index is 5.93. The Balaban J connectivity index is 2.53. The fourth-order valence-corrected chi connectivity index (χ4v) is 2.71. The molecule has 3 nitrogen and oxygen atoms in total. The van der Waals surface area contributed by atoms with Gasteiger partial charge in [0.05, 0.1) is 19.8 Å². The minimum atomic E-state index is 0.0629. The van der Waals surface area contributed by atoms with Gasteiger partial charge in [0.1, 0.15) is 5.75 Å². The minimum absolute atomic E-state index is 0.0629. The number of methoxy groups -OCH3 is 1. The molecule has 1 N–H and O–H groups in total. The van der Waals surface area contributed by atoms with Crippen molar-refractivity contribution in [1.82, 2.24) is 5.32 Å². The van der Waals surface area contributed by atoms with Crippen molar-refractivity contribution in [2.45, 2.75) is 45.6 Å². The van der Waals surface area contributed by atoms with Crippen molar-refractivity contribution in [3.8, 4) is 5.75 Å². The molecule has 0 saturated carbocycles. The van der Waals surface area contributed by atoms with Crippen LogP contribution in [0.15, 0.2) is 12.1 Å². The summed E-state index contributed by atoms with van der Waals surface area (Å²) < 4.78 is 11.7. The zero-order chi connectivity index (χ0) is 14.8. The van der Waals surface area contributed by atoms with Crippen LogP contribution in [0.3, 0.4) is 0 Å². The summed E-state index contributed by atoms with van der Waals surface area (Å²) in [5, 5.41) is 3.40. The number of nitrogens with one attached hydrogen (secondary N) is 1. The normalized spacial score (nSPS) is 19.9. The van der Waals surface area contributed by atoms with Crippen molar-refractivity contribution >= 4 is 0 Å². The van der Waals surface area contributed by atoms with Crippen molar-refractivity contribution in [3.63, 3.8) is 0 Å². The molecule has 1 fully saturated rings. The van der Waals surface area contributed by atoms with Gasteiger partial charge < -0.3 is 14.8 Å². The van der Waals surface area contributed by atoms with Gasteiger partial charge in [0.25, 0.3) is 0 Å². The van der Waals surface area contributed by atoms with Gasteiger partial charge in [-0.1, -0.05) is 33.8 Å². The quantitative estimate of drug-likeness (QED) is 0.920. The molecule has 20 heavy (non-hydrogen) atoms. The SMILES string of the molecule is CCc1cc(C2CNCCO2)c(OC)c(C(C)(C)C)c1. The first-order valence-corrected chi connectivity index (χ1v) is 7.51. The van der Waals surface area contributed by atoms with Crippen LogP contribution >= 0.6 is 0 Å². The van der Waals surface area contributed by atoms with E-state index >= 15 is 0 Å². The lowest BCUT2D eigenvalue weighted by Crippen LogP contribution is -2.33. The summed E-state index contributed by atoms with van der Waals surface area (Å²) >= 11 is 0. The zero-order valence-electron chi connectivity index (χ0n) is 13.4. The molecule has 2 rings (SSSR count). The number of aryl methyl sites for hydroxylation is 1. The number of rotatable bonds is 3. The maximum Gasteiger partial charge on any atom is 0.128 e. The fourth-order valence-electron chi connectivity index (χ4n) is 2.71. The molecule has 1 aromatic carbocycles. The molecule has 0 aliphatic carbocycles. The third-order valence-corrected chi connectivity index (χ3v) is 3.87. The van der Waals surface area contributed by atoms with Crippen LogP contribution in [-0.2, 0) is 16.6 Å². The Morgan fingerprint density at radius 2 is 2.10 bits per heavy atom. The molecule has 1 aliphatic rings. The first-order chi connectivity index (χ1) is 9.47. The number of morpholine rings is 1. The second-order valence-corrected chi connectivity index (χ2v) is 6.43. The Morgan fingerprint density at radius 3 is 2.60 bits per heavy atom. The number of benzene rings is 1. The van der Waals surface area contributed by atoms with Gasteiger partial charge in [-0.2, -0.15) is 0 Å². The van der Waals surface area contributed by atoms with Gasteiger partial charge in [-0.3, -0.25) is 0 Å². The van der Waals surface area contributed by atoms with Crippen LogP contribution < -0.4 is 10.1 Å². The molecular formula is C17H27NO2. The molecule has 0 bridgehead atoms. The highest BCUT2D eigenvalue weighted by Gasteiger charge is 2.27. The second-order valence-electron chi connectivity index (χ2n) is 6.43. The Labute approximate surface area is 122 Å². The molecule has 1 saturated heterocycles. The third kappa shape index (κ3) is 3.15. The Kier molecular flexibility index (Phi) is 4.71. The Hall–Kier alpha value is -1.06. The van der Waals surface area contributed by atoms with Crippen LogP contribution in [0.1, 0.15) is 50.5 Å². The number of hydrogen-bond donors (Lipinski definition) is 1. The summed E-state index contributed by atoms with van der Waals surface area (Å²) in [5.74, 6) is 0.989. The lowest BCUT2D eigenvalue weighted by Gasteiger charge is -2.30. The molecule has 112 valence electrons. The van der Waals surface area contributed by atoms with Crippen molar-refractivity contribution in [2.75, 3.05) is 26.8 Å². The predicted molar refractivity (Wildman–Crippen MR) is 82.6 cm³/mol. The highest BCUT2D eigenvalue weighted by molar-refractivity contribution is 5.49. The summed E-state index contributed by atoms with van der Waals surface area (Å²) in [6.07, 6.45) is 1.12. The first-order valence-electron chi connectivity index (χ1n) is 7.51. The van der Waals surface area contributed by atoms with E-state index in [-0.39, 0.29) is 11.5 Å². The van der Waals surface area contributed by atoms with Crippen LogP contribution in [0.2, 0.25) is 0 Å². The van der Waals surface area contributed by atoms with Crippen molar-refractivity contribution < 1.29 is 9.47 Å². The molecule has 1 aliphatic heterocycles.